The van der Waals surface area contributed by atoms with Gasteiger partial charge < -0.3 is 10.1 Å². The summed E-state index contributed by atoms with van der Waals surface area (Å²) in [6.45, 7) is 10.5. The fourth-order valence-electron chi connectivity index (χ4n) is 2.55. The molecule has 1 aromatic carbocycles. The van der Waals surface area contributed by atoms with Gasteiger partial charge in [0.2, 0.25) is 5.95 Å². The van der Waals surface area contributed by atoms with Crippen molar-refractivity contribution in [2.45, 2.75) is 27.4 Å². The Morgan fingerprint density at radius 2 is 2.27 bits per heavy atom. The molecule has 0 fully saturated rings. The van der Waals surface area contributed by atoms with Crippen LogP contribution in [0, 0.1) is 12.8 Å². The van der Waals surface area contributed by atoms with Gasteiger partial charge in [0.1, 0.15) is 0 Å². The monoisotopic (exact) mass is 373 g/mol. The maximum Gasteiger partial charge on any atom is 0.252 e. The van der Waals surface area contributed by atoms with Gasteiger partial charge in [0.15, 0.2) is 0 Å². The van der Waals surface area contributed by atoms with Gasteiger partial charge in [0.05, 0.1) is 18.9 Å². The Morgan fingerprint density at radius 1 is 1.50 bits per heavy atom. The van der Waals surface area contributed by atoms with E-state index in [0.717, 1.165) is 16.8 Å². The van der Waals surface area contributed by atoms with Crippen LogP contribution in [0.25, 0.3) is 0 Å². The first-order valence-electron chi connectivity index (χ1n) is 8.43. The second kappa shape index (κ2) is 9.36. The number of hydrogen-bond donors (Lipinski definition) is 2. The van der Waals surface area contributed by atoms with Crippen LogP contribution in [0.1, 0.15) is 25.1 Å². The van der Waals surface area contributed by atoms with Crippen LogP contribution >= 0.6 is 11.6 Å². The number of halogens is 1. The van der Waals surface area contributed by atoms with Crippen LogP contribution in [0.4, 0.5) is 11.6 Å². The highest BCUT2D eigenvalue weighted by Crippen LogP contribution is 2.24. The Labute approximate surface area is 158 Å². The molecule has 1 heterocycles. The number of benzene rings is 1. The Balaban J connectivity index is 2.06. The van der Waals surface area contributed by atoms with E-state index in [1.807, 2.05) is 44.2 Å². The molecule has 0 bridgehead atoms. The molecule has 0 spiro atoms. The van der Waals surface area contributed by atoms with E-state index in [0.29, 0.717) is 23.3 Å². The molecule has 0 radical (unpaired) electrons. The largest absolute Gasteiger partial charge is 0.375 e. The van der Waals surface area contributed by atoms with E-state index in [-0.39, 0.29) is 18.1 Å². The van der Waals surface area contributed by atoms with Crippen molar-refractivity contribution in [1.82, 2.24) is 9.97 Å². The highest BCUT2D eigenvalue weighted by atomic mass is 35.5. The SMILES string of the molecule is C=C/C(=C\C)C(C)COCc1cc(=O)[nH]c(Nc2cccc(Cl)c2C)n1. The smallest absolute Gasteiger partial charge is 0.252 e. The third-order valence-electron chi connectivity index (χ3n) is 4.07. The first-order chi connectivity index (χ1) is 12.4. The number of H-pyrrole nitrogens is 1. The Hall–Kier alpha value is -2.37. The van der Waals surface area contributed by atoms with Crippen LogP contribution in [-0.2, 0) is 11.3 Å². The number of allylic oxidation sites excluding steroid dienone is 2. The van der Waals surface area contributed by atoms with Crippen molar-refractivity contribution in [1.29, 1.82) is 0 Å². The zero-order valence-corrected chi connectivity index (χ0v) is 16.1. The zero-order chi connectivity index (χ0) is 19.1. The Kier molecular flexibility index (Phi) is 7.18. The van der Waals surface area contributed by atoms with Gasteiger partial charge in [-0.15, -0.1) is 0 Å². The highest BCUT2D eigenvalue weighted by molar-refractivity contribution is 6.31. The van der Waals surface area contributed by atoms with E-state index in [1.165, 1.54) is 6.07 Å². The molecule has 0 aliphatic carbocycles. The third-order valence-corrected chi connectivity index (χ3v) is 4.48. The van der Waals surface area contributed by atoms with E-state index in [1.54, 1.807) is 0 Å². The van der Waals surface area contributed by atoms with E-state index in [2.05, 4.69) is 28.8 Å². The molecule has 26 heavy (non-hydrogen) atoms. The predicted molar refractivity (Wildman–Crippen MR) is 107 cm³/mol. The third kappa shape index (κ3) is 5.31. The summed E-state index contributed by atoms with van der Waals surface area (Å²) >= 11 is 6.13. The molecule has 2 aromatic rings. The fourth-order valence-corrected chi connectivity index (χ4v) is 2.73. The molecule has 0 amide bonds. The molecule has 2 rings (SSSR count). The van der Waals surface area contributed by atoms with Gasteiger partial charge >= 0.3 is 0 Å². The molecule has 1 atom stereocenters. The van der Waals surface area contributed by atoms with Crippen LogP contribution in [-0.4, -0.2) is 16.6 Å². The topological polar surface area (TPSA) is 67.0 Å². The maximum atomic E-state index is 11.9. The number of nitrogens with zero attached hydrogens (tertiary/aromatic N) is 1. The summed E-state index contributed by atoms with van der Waals surface area (Å²) in [6.07, 6.45) is 3.84. The minimum atomic E-state index is -0.242. The number of aromatic amines is 1. The van der Waals surface area contributed by atoms with Crippen molar-refractivity contribution in [3.63, 3.8) is 0 Å². The number of rotatable bonds is 8. The van der Waals surface area contributed by atoms with Crippen LogP contribution < -0.4 is 10.9 Å². The molecular formula is C20H24ClN3O2. The molecule has 0 aliphatic heterocycles. The van der Waals surface area contributed by atoms with Crippen LogP contribution in [0.3, 0.4) is 0 Å². The highest BCUT2D eigenvalue weighted by Gasteiger charge is 2.08. The average molecular weight is 374 g/mol. The quantitative estimate of drug-likeness (QED) is 0.654. The van der Waals surface area contributed by atoms with Crippen molar-refractivity contribution < 1.29 is 4.74 Å². The van der Waals surface area contributed by atoms with Crippen molar-refractivity contribution in [3.05, 3.63) is 75.2 Å². The summed E-state index contributed by atoms with van der Waals surface area (Å²) in [5.74, 6) is 0.584. The van der Waals surface area contributed by atoms with Crippen LogP contribution in [0.15, 0.2) is 53.4 Å². The van der Waals surface area contributed by atoms with E-state index >= 15 is 0 Å². The zero-order valence-electron chi connectivity index (χ0n) is 15.3. The van der Waals surface area contributed by atoms with Gasteiger partial charge in [-0.2, -0.15) is 0 Å². The molecule has 0 saturated heterocycles. The average Bonchev–Trinajstić information content (AvgIpc) is 2.59. The van der Waals surface area contributed by atoms with Crippen molar-refractivity contribution >= 4 is 23.2 Å². The minimum absolute atomic E-state index is 0.228. The lowest BCUT2D eigenvalue weighted by Crippen LogP contribution is -2.14. The fraction of sp³-hybridized carbons (Fsp3) is 0.300. The van der Waals surface area contributed by atoms with Gasteiger partial charge in [-0.1, -0.05) is 43.3 Å². The molecule has 138 valence electrons. The lowest BCUT2D eigenvalue weighted by molar-refractivity contribution is 0.0995. The van der Waals surface area contributed by atoms with Crippen LogP contribution in [0.5, 0.6) is 0 Å². The van der Waals surface area contributed by atoms with Gasteiger partial charge in [-0.05, 0) is 37.1 Å². The maximum absolute atomic E-state index is 11.9. The molecule has 0 saturated carbocycles. The molecule has 6 heteroatoms. The van der Waals surface area contributed by atoms with E-state index in [9.17, 15) is 4.79 Å². The van der Waals surface area contributed by atoms with Gasteiger partial charge in [-0.3, -0.25) is 9.78 Å². The predicted octanol–water partition coefficient (Wildman–Crippen LogP) is 4.76. The summed E-state index contributed by atoms with van der Waals surface area (Å²) in [6, 6.07) is 6.96. The molecule has 1 unspecified atom stereocenters. The van der Waals surface area contributed by atoms with Crippen molar-refractivity contribution in [2.24, 2.45) is 5.92 Å². The van der Waals surface area contributed by atoms with Crippen molar-refractivity contribution in [2.75, 3.05) is 11.9 Å². The summed E-state index contributed by atoms with van der Waals surface area (Å²) < 4.78 is 5.72. The number of hydrogen-bond acceptors (Lipinski definition) is 4. The van der Waals surface area contributed by atoms with Gasteiger partial charge in [0.25, 0.3) is 5.56 Å². The van der Waals surface area contributed by atoms with Gasteiger partial charge in [0, 0.05) is 22.7 Å². The molecule has 1 aromatic heterocycles. The molecular weight excluding hydrogens is 350 g/mol. The standard InChI is InChI=1S/C20H24ClN3O2/c1-5-15(6-2)13(3)11-26-12-16-10-19(25)24-20(22-16)23-18-9-7-8-17(21)14(18)4/h5-10,13H,1,11-12H2,2-4H3,(H2,22,23,24,25)/b15-6+. The second-order valence-corrected chi connectivity index (χ2v) is 6.44. The number of aromatic nitrogens is 2. The Bertz CT molecular complexity index is 858. The number of anilines is 2. The first-order valence-corrected chi connectivity index (χ1v) is 8.81. The number of ether oxygens (including phenoxy) is 1. The van der Waals surface area contributed by atoms with E-state index in [4.69, 9.17) is 16.3 Å². The number of nitrogens with one attached hydrogen (secondary N) is 2. The minimum Gasteiger partial charge on any atom is -0.375 e. The second-order valence-electron chi connectivity index (χ2n) is 6.03. The Morgan fingerprint density at radius 3 is 2.96 bits per heavy atom. The van der Waals surface area contributed by atoms with Gasteiger partial charge in [-0.25, -0.2) is 4.98 Å². The summed E-state index contributed by atoms with van der Waals surface area (Å²) in [5, 5.41) is 3.75. The molecule has 0 aliphatic rings. The molecule has 5 nitrogen and oxygen atoms in total. The summed E-state index contributed by atoms with van der Waals surface area (Å²) in [5.41, 5.74) is 3.12. The lowest BCUT2D eigenvalue weighted by Gasteiger charge is -2.13. The van der Waals surface area contributed by atoms with Crippen molar-refractivity contribution in [3.8, 4) is 0 Å². The van der Waals surface area contributed by atoms with E-state index < -0.39 is 0 Å². The summed E-state index contributed by atoms with van der Waals surface area (Å²) in [4.78, 5) is 19.0. The normalized spacial score (nSPS) is 12.7. The first kappa shape index (κ1) is 19.9. The lowest BCUT2D eigenvalue weighted by atomic mass is 10.0. The summed E-state index contributed by atoms with van der Waals surface area (Å²) in [7, 11) is 0. The molecule has 2 N–H and O–H groups in total. The van der Waals surface area contributed by atoms with Crippen LogP contribution in [0.2, 0.25) is 5.02 Å².